The summed E-state index contributed by atoms with van der Waals surface area (Å²) in [6.07, 6.45) is 0.0328. The number of amides is 1. The zero-order chi connectivity index (χ0) is 18.3. The van der Waals surface area contributed by atoms with Gasteiger partial charge in [-0.05, 0) is 24.1 Å². The molecular formula is C18H14FN3O4. The first-order chi connectivity index (χ1) is 12.5. The highest BCUT2D eigenvalue weighted by molar-refractivity contribution is 6.07. The van der Waals surface area contributed by atoms with Gasteiger partial charge >= 0.3 is 0 Å². The third kappa shape index (κ3) is 2.79. The second-order valence-corrected chi connectivity index (χ2v) is 6.16. The van der Waals surface area contributed by atoms with Gasteiger partial charge < -0.3 is 9.74 Å². The number of carbonyl (C=O) groups excluding carboxylic acids is 1. The van der Waals surface area contributed by atoms with Gasteiger partial charge in [-0.25, -0.2) is 4.39 Å². The van der Waals surface area contributed by atoms with Crippen LogP contribution >= 0.6 is 0 Å². The van der Waals surface area contributed by atoms with Crippen LogP contribution in [0.5, 0.6) is 0 Å². The largest absolute Gasteiger partial charge is 0.382 e. The summed E-state index contributed by atoms with van der Waals surface area (Å²) >= 11 is 0. The molecule has 0 saturated heterocycles. The van der Waals surface area contributed by atoms with E-state index in [1.165, 1.54) is 29.2 Å². The predicted octanol–water partition coefficient (Wildman–Crippen LogP) is 2.82. The summed E-state index contributed by atoms with van der Waals surface area (Å²) in [5.74, 6) is -0.694. The minimum Gasteiger partial charge on any atom is -0.382 e. The zero-order valence-corrected chi connectivity index (χ0v) is 13.6. The number of non-ortho nitro benzene ring substituents is 1. The monoisotopic (exact) mass is 355 g/mol. The van der Waals surface area contributed by atoms with Gasteiger partial charge in [0.05, 0.1) is 16.3 Å². The molecule has 2 aliphatic heterocycles. The van der Waals surface area contributed by atoms with E-state index in [2.05, 4.69) is 5.16 Å². The van der Waals surface area contributed by atoms with Gasteiger partial charge in [-0.2, -0.15) is 0 Å². The Bertz CT molecular complexity index is 944. The number of benzene rings is 2. The van der Waals surface area contributed by atoms with Crippen molar-refractivity contribution in [1.82, 2.24) is 0 Å². The summed E-state index contributed by atoms with van der Waals surface area (Å²) in [5, 5.41) is 14.9. The van der Waals surface area contributed by atoms with Crippen LogP contribution in [-0.2, 0) is 16.1 Å². The molecule has 7 nitrogen and oxygen atoms in total. The standard InChI is InChI=1S/C18H14FN3O4/c19-13-3-1-2-12(8-13)15-10-17(26-20-15)18(23)21-7-6-11-4-5-14(22(24)25)9-16(11)21/h1-5,8-9,17H,6-7,10H2/t17-/m0/s1. The van der Waals surface area contributed by atoms with Crippen LogP contribution in [-0.4, -0.2) is 29.2 Å². The number of rotatable bonds is 3. The SMILES string of the molecule is O=C([C@@H]1CC(c2cccc(F)c2)=NO1)N1CCc2ccc([N+](=O)[O-])cc21. The van der Waals surface area contributed by atoms with Gasteiger partial charge in [-0.15, -0.1) is 0 Å². The molecule has 0 radical (unpaired) electrons. The number of carbonyl (C=O) groups is 1. The maximum absolute atomic E-state index is 13.4. The molecule has 0 aliphatic carbocycles. The van der Waals surface area contributed by atoms with Crippen molar-refractivity contribution in [2.45, 2.75) is 18.9 Å². The van der Waals surface area contributed by atoms with Gasteiger partial charge in [-0.1, -0.05) is 23.4 Å². The Morgan fingerprint density at radius 2 is 2.15 bits per heavy atom. The van der Waals surface area contributed by atoms with Crippen LogP contribution in [0.25, 0.3) is 0 Å². The number of hydrogen-bond donors (Lipinski definition) is 0. The molecule has 0 bridgehead atoms. The number of oxime groups is 1. The number of fused-ring (bicyclic) bond motifs is 1. The van der Waals surface area contributed by atoms with E-state index >= 15 is 0 Å². The van der Waals surface area contributed by atoms with Gasteiger partial charge in [0.2, 0.25) is 6.10 Å². The molecule has 2 aromatic carbocycles. The molecule has 1 amide bonds. The normalized spacial score (nSPS) is 18.3. The van der Waals surface area contributed by atoms with E-state index in [-0.39, 0.29) is 23.8 Å². The van der Waals surface area contributed by atoms with Crippen molar-refractivity contribution in [1.29, 1.82) is 0 Å². The average molecular weight is 355 g/mol. The first kappa shape index (κ1) is 16.2. The number of nitro groups is 1. The maximum atomic E-state index is 13.4. The van der Waals surface area contributed by atoms with Crippen LogP contribution in [0, 0.1) is 15.9 Å². The summed E-state index contributed by atoms with van der Waals surface area (Å²) < 4.78 is 13.4. The van der Waals surface area contributed by atoms with E-state index in [0.29, 0.717) is 29.9 Å². The number of nitrogens with zero attached hydrogens (tertiary/aromatic N) is 3. The molecule has 4 rings (SSSR count). The summed E-state index contributed by atoms with van der Waals surface area (Å²) in [5.41, 5.74) is 2.42. The fraction of sp³-hybridized carbons (Fsp3) is 0.222. The van der Waals surface area contributed by atoms with E-state index < -0.39 is 11.0 Å². The molecule has 132 valence electrons. The molecule has 1 atom stereocenters. The molecule has 0 unspecified atom stereocenters. The van der Waals surface area contributed by atoms with E-state index in [1.54, 1.807) is 18.2 Å². The van der Waals surface area contributed by atoms with Gasteiger partial charge in [0.1, 0.15) is 5.82 Å². The van der Waals surface area contributed by atoms with Crippen LogP contribution in [0.4, 0.5) is 15.8 Å². The lowest BCUT2D eigenvalue weighted by Crippen LogP contribution is -2.38. The van der Waals surface area contributed by atoms with E-state index in [0.717, 1.165) is 5.56 Å². The molecule has 0 N–H and O–H groups in total. The van der Waals surface area contributed by atoms with Crippen molar-refractivity contribution in [2.24, 2.45) is 5.16 Å². The van der Waals surface area contributed by atoms with Crippen molar-refractivity contribution in [2.75, 3.05) is 11.4 Å². The number of nitro benzene ring substituents is 1. The molecule has 2 aliphatic rings. The lowest BCUT2D eigenvalue weighted by molar-refractivity contribution is -0.384. The highest BCUT2D eigenvalue weighted by atomic mass is 19.1. The summed E-state index contributed by atoms with van der Waals surface area (Å²) in [4.78, 5) is 30.1. The van der Waals surface area contributed by atoms with Crippen molar-refractivity contribution in [3.05, 3.63) is 69.5 Å². The van der Waals surface area contributed by atoms with Crippen LogP contribution in [0.3, 0.4) is 0 Å². The van der Waals surface area contributed by atoms with Crippen LogP contribution in [0.2, 0.25) is 0 Å². The lowest BCUT2D eigenvalue weighted by atomic mass is 10.0. The molecule has 2 aromatic rings. The molecule has 8 heteroatoms. The molecular weight excluding hydrogens is 341 g/mol. The second-order valence-electron chi connectivity index (χ2n) is 6.16. The van der Waals surface area contributed by atoms with Crippen LogP contribution < -0.4 is 4.90 Å². The molecule has 0 spiro atoms. The smallest absolute Gasteiger partial charge is 0.271 e. The third-order valence-electron chi connectivity index (χ3n) is 4.54. The van der Waals surface area contributed by atoms with Gasteiger partial charge in [0.25, 0.3) is 11.6 Å². The molecule has 0 fully saturated rings. The Balaban J connectivity index is 1.53. The zero-order valence-electron chi connectivity index (χ0n) is 13.6. The summed E-state index contributed by atoms with van der Waals surface area (Å²) in [6.45, 7) is 0.435. The average Bonchev–Trinajstić information content (AvgIpc) is 3.28. The van der Waals surface area contributed by atoms with Crippen molar-refractivity contribution in [3.8, 4) is 0 Å². The van der Waals surface area contributed by atoms with Gasteiger partial charge in [-0.3, -0.25) is 14.9 Å². The number of hydrogen-bond acceptors (Lipinski definition) is 5. The van der Waals surface area contributed by atoms with Crippen LogP contribution in [0.1, 0.15) is 17.5 Å². The minimum atomic E-state index is -0.821. The first-order valence-electron chi connectivity index (χ1n) is 8.10. The molecule has 26 heavy (non-hydrogen) atoms. The Morgan fingerprint density at radius 3 is 2.92 bits per heavy atom. The Morgan fingerprint density at radius 1 is 1.31 bits per heavy atom. The molecule has 0 aromatic heterocycles. The fourth-order valence-corrected chi connectivity index (χ4v) is 3.23. The fourth-order valence-electron chi connectivity index (χ4n) is 3.23. The quantitative estimate of drug-likeness (QED) is 0.626. The van der Waals surface area contributed by atoms with Crippen molar-refractivity contribution >= 4 is 23.0 Å². The maximum Gasteiger partial charge on any atom is 0.271 e. The lowest BCUT2D eigenvalue weighted by Gasteiger charge is -2.19. The van der Waals surface area contributed by atoms with Gasteiger partial charge in [0.15, 0.2) is 0 Å². The topological polar surface area (TPSA) is 85.0 Å². The van der Waals surface area contributed by atoms with Gasteiger partial charge in [0, 0.05) is 30.7 Å². The Kier molecular flexibility index (Phi) is 3.87. The van der Waals surface area contributed by atoms with Crippen LogP contribution in [0.15, 0.2) is 47.6 Å². The van der Waals surface area contributed by atoms with Crippen molar-refractivity contribution < 1.29 is 18.9 Å². The third-order valence-corrected chi connectivity index (χ3v) is 4.54. The summed E-state index contributed by atoms with van der Waals surface area (Å²) in [6, 6.07) is 10.4. The molecule has 0 saturated carbocycles. The highest BCUT2D eigenvalue weighted by Gasteiger charge is 2.36. The highest BCUT2D eigenvalue weighted by Crippen LogP contribution is 2.33. The van der Waals surface area contributed by atoms with Crippen molar-refractivity contribution in [3.63, 3.8) is 0 Å². The second kappa shape index (κ2) is 6.21. The Hall–Kier alpha value is -3.29. The minimum absolute atomic E-state index is 0.0625. The van der Waals surface area contributed by atoms with E-state index in [4.69, 9.17) is 4.84 Å². The van der Waals surface area contributed by atoms with E-state index in [1.807, 2.05) is 0 Å². The first-order valence-corrected chi connectivity index (χ1v) is 8.10. The van der Waals surface area contributed by atoms with E-state index in [9.17, 15) is 19.3 Å². The summed E-state index contributed by atoms with van der Waals surface area (Å²) in [7, 11) is 0. The number of anilines is 1. The predicted molar refractivity (Wildman–Crippen MR) is 91.6 cm³/mol. The molecule has 2 heterocycles. The Labute approximate surface area is 147 Å². The number of halogens is 1.